The number of rotatable bonds is 4. The molecule has 3 rings (SSSR count). The van der Waals surface area contributed by atoms with Crippen LogP contribution in [0, 0.1) is 0 Å². The molecular formula is C16H16ClNO2S. The number of thiophene rings is 1. The lowest BCUT2D eigenvalue weighted by atomic mass is 10.2. The smallest absolute Gasteiger partial charge is 0.176 e. The summed E-state index contributed by atoms with van der Waals surface area (Å²) in [7, 11) is 1.60. The van der Waals surface area contributed by atoms with Crippen LogP contribution in [0.2, 0.25) is 5.02 Å². The maximum Gasteiger partial charge on any atom is 0.176 e. The van der Waals surface area contributed by atoms with Crippen molar-refractivity contribution >= 4 is 33.9 Å². The highest BCUT2D eigenvalue weighted by molar-refractivity contribution is 7.12. The van der Waals surface area contributed by atoms with Gasteiger partial charge in [-0.1, -0.05) is 18.5 Å². The second kappa shape index (κ2) is 5.72. The van der Waals surface area contributed by atoms with Crippen LogP contribution in [-0.2, 0) is 6.42 Å². The molecule has 3 nitrogen and oxygen atoms in total. The van der Waals surface area contributed by atoms with Crippen molar-refractivity contribution in [3.05, 3.63) is 50.9 Å². The Labute approximate surface area is 132 Å². The van der Waals surface area contributed by atoms with E-state index in [9.17, 15) is 0 Å². The molecule has 1 atom stereocenters. The number of hydrogen-bond acceptors (Lipinski definition) is 4. The summed E-state index contributed by atoms with van der Waals surface area (Å²) in [6, 6.07) is 9.42. The molecule has 1 aromatic carbocycles. The van der Waals surface area contributed by atoms with Gasteiger partial charge in [0.2, 0.25) is 0 Å². The summed E-state index contributed by atoms with van der Waals surface area (Å²) in [6.45, 7) is 2.13. The second-order valence-electron chi connectivity index (χ2n) is 4.81. The van der Waals surface area contributed by atoms with Gasteiger partial charge >= 0.3 is 0 Å². The van der Waals surface area contributed by atoms with Gasteiger partial charge in [0.05, 0.1) is 13.2 Å². The number of fused-ring (bicyclic) bond motifs is 1. The SMILES string of the molecule is CCc1ccc(C(N)c2cc3cc(Cl)cc(OC)c3o2)s1. The average molecular weight is 322 g/mol. The number of furan rings is 1. The van der Waals surface area contributed by atoms with E-state index in [1.54, 1.807) is 24.5 Å². The molecule has 0 fully saturated rings. The molecule has 3 aromatic rings. The molecule has 0 radical (unpaired) electrons. The van der Waals surface area contributed by atoms with Gasteiger partial charge in [0.25, 0.3) is 0 Å². The monoisotopic (exact) mass is 321 g/mol. The fourth-order valence-electron chi connectivity index (χ4n) is 2.30. The summed E-state index contributed by atoms with van der Waals surface area (Å²) in [6.07, 6.45) is 1.01. The first-order valence-corrected chi connectivity index (χ1v) is 7.93. The third kappa shape index (κ3) is 2.67. The first kappa shape index (κ1) is 14.4. The number of nitrogens with two attached hydrogens (primary N) is 1. The Kier molecular flexibility index (Phi) is 3.93. The quantitative estimate of drug-likeness (QED) is 0.753. The summed E-state index contributed by atoms with van der Waals surface area (Å²) in [4.78, 5) is 2.41. The number of aryl methyl sites for hydroxylation is 1. The zero-order valence-corrected chi connectivity index (χ0v) is 13.4. The Morgan fingerprint density at radius 3 is 2.81 bits per heavy atom. The minimum Gasteiger partial charge on any atom is -0.493 e. The van der Waals surface area contributed by atoms with Crippen LogP contribution in [0.1, 0.15) is 28.5 Å². The molecule has 0 saturated heterocycles. The second-order valence-corrected chi connectivity index (χ2v) is 6.45. The Balaban J connectivity index is 2.04. The van der Waals surface area contributed by atoms with Crippen LogP contribution >= 0.6 is 22.9 Å². The van der Waals surface area contributed by atoms with Crippen LogP contribution in [0.15, 0.2) is 34.7 Å². The summed E-state index contributed by atoms with van der Waals surface area (Å²) in [5.74, 6) is 1.34. The minimum absolute atomic E-state index is 0.272. The fraction of sp³-hybridized carbons (Fsp3) is 0.250. The van der Waals surface area contributed by atoms with E-state index in [4.69, 9.17) is 26.5 Å². The maximum absolute atomic E-state index is 6.32. The number of halogens is 1. The highest BCUT2D eigenvalue weighted by Crippen LogP contribution is 2.36. The molecule has 0 aliphatic carbocycles. The van der Waals surface area contributed by atoms with Crippen molar-refractivity contribution in [2.45, 2.75) is 19.4 Å². The molecule has 1 unspecified atom stereocenters. The van der Waals surface area contributed by atoms with Crippen LogP contribution in [-0.4, -0.2) is 7.11 Å². The molecule has 0 bridgehead atoms. The van der Waals surface area contributed by atoms with E-state index in [0.717, 1.165) is 22.4 Å². The van der Waals surface area contributed by atoms with Gasteiger partial charge in [-0.25, -0.2) is 0 Å². The van der Waals surface area contributed by atoms with Crippen molar-refractivity contribution < 1.29 is 9.15 Å². The molecule has 2 heterocycles. The summed E-state index contributed by atoms with van der Waals surface area (Å²) in [5.41, 5.74) is 7.00. The van der Waals surface area contributed by atoms with E-state index in [-0.39, 0.29) is 6.04 Å². The van der Waals surface area contributed by atoms with E-state index in [1.165, 1.54) is 4.88 Å². The first-order chi connectivity index (χ1) is 10.1. The predicted molar refractivity (Wildman–Crippen MR) is 87.5 cm³/mol. The normalized spacial score (nSPS) is 12.8. The fourth-order valence-corrected chi connectivity index (χ4v) is 3.48. The maximum atomic E-state index is 6.32. The Morgan fingerprint density at radius 1 is 1.33 bits per heavy atom. The van der Waals surface area contributed by atoms with Crippen molar-refractivity contribution in [1.29, 1.82) is 0 Å². The standard InChI is InChI=1S/C16H16ClNO2S/c1-3-11-4-5-14(21-11)15(18)12-7-9-6-10(17)8-13(19-2)16(9)20-12/h4-8,15H,3,18H2,1-2H3. The van der Waals surface area contributed by atoms with Gasteiger partial charge in [-0.2, -0.15) is 0 Å². The van der Waals surface area contributed by atoms with E-state index in [0.29, 0.717) is 16.4 Å². The van der Waals surface area contributed by atoms with Crippen LogP contribution < -0.4 is 10.5 Å². The van der Waals surface area contributed by atoms with Gasteiger partial charge in [0, 0.05) is 26.2 Å². The molecule has 2 N–H and O–H groups in total. The number of methoxy groups -OCH3 is 1. The average Bonchev–Trinajstić information content (AvgIpc) is 3.11. The predicted octanol–water partition coefficient (Wildman–Crippen LogP) is 4.77. The van der Waals surface area contributed by atoms with E-state index in [2.05, 4.69) is 19.1 Å². The van der Waals surface area contributed by atoms with Crippen molar-refractivity contribution in [2.75, 3.05) is 7.11 Å². The van der Waals surface area contributed by atoms with E-state index < -0.39 is 0 Å². The molecule has 21 heavy (non-hydrogen) atoms. The lowest BCUT2D eigenvalue weighted by Gasteiger charge is -2.05. The molecule has 2 aromatic heterocycles. The Morgan fingerprint density at radius 2 is 2.14 bits per heavy atom. The van der Waals surface area contributed by atoms with Gasteiger partial charge in [-0.3, -0.25) is 0 Å². The molecule has 0 spiro atoms. The van der Waals surface area contributed by atoms with Crippen LogP contribution in [0.25, 0.3) is 11.0 Å². The van der Waals surface area contributed by atoms with Crippen LogP contribution in [0.3, 0.4) is 0 Å². The van der Waals surface area contributed by atoms with Crippen molar-refractivity contribution in [2.24, 2.45) is 5.73 Å². The highest BCUT2D eigenvalue weighted by Gasteiger charge is 2.18. The topological polar surface area (TPSA) is 48.4 Å². The lowest BCUT2D eigenvalue weighted by molar-refractivity contribution is 0.406. The first-order valence-electron chi connectivity index (χ1n) is 6.73. The largest absolute Gasteiger partial charge is 0.493 e. The third-order valence-electron chi connectivity index (χ3n) is 3.43. The van der Waals surface area contributed by atoms with Gasteiger partial charge in [0.1, 0.15) is 5.76 Å². The van der Waals surface area contributed by atoms with Gasteiger partial charge in [0.15, 0.2) is 11.3 Å². The van der Waals surface area contributed by atoms with Gasteiger partial charge in [-0.15, -0.1) is 11.3 Å². The van der Waals surface area contributed by atoms with Crippen LogP contribution in [0.4, 0.5) is 0 Å². The zero-order valence-electron chi connectivity index (χ0n) is 11.9. The summed E-state index contributed by atoms with van der Waals surface area (Å²) < 4.78 is 11.2. The molecule has 0 saturated carbocycles. The lowest BCUT2D eigenvalue weighted by Crippen LogP contribution is -2.08. The molecule has 110 valence electrons. The summed E-state index contributed by atoms with van der Waals surface area (Å²) in [5, 5.41) is 1.52. The van der Waals surface area contributed by atoms with Gasteiger partial charge in [-0.05, 0) is 30.7 Å². The zero-order chi connectivity index (χ0) is 15.0. The number of hydrogen-bond donors (Lipinski definition) is 1. The third-order valence-corrected chi connectivity index (χ3v) is 4.96. The minimum atomic E-state index is -0.272. The van der Waals surface area contributed by atoms with Crippen molar-refractivity contribution in [1.82, 2.24) is 0 Å². The molecular weight excluding hydrogens is 306 g/mol. The van der Waals surface area contributed by atoms with E-state index in [1.807, 2.05) is 12.1 Å². The van der Waals surface area contributed by atoms with Gasteiger partial charge < -0.3 is 14.9 Å². The molecule has 5 heteroatoms. The number of benzene rings is 1. The Bertz CT molecular complexity index is 778. The summed E-state index contributed by atoms with van der Waals surface area (Å²) >= 11 is 7.80. The number of ether oxygens (including phenoxy) is 1. The molecule has 0 aliphatic heterocycles. The van der Waals surface area contributed by atoms with Crippen molar-refractivity contribution in [3.8, 4) is 5.75 Å². The molecule has 0 aliphatic rings. The Hall–Kier alpha value is -1.49. The molecule has 0 amide bonds. The van der Waals surface area contributed by atoms with Crippen molar-refractivity contribution in [3.63, 3.8) is 0 Å². The highest BCUT2D eigenvalue weighted by atomic mass is 35.5. The van der Waals surface area contributed by atoms with E-state index >= 15 is 0 Å². The van der Waals surface area contributed by atoms with Crippen LogP contribution in [0.5, 0.6) is 5.75 Å².